The van der Waals surface area contributed by atoms with E-state index in [-0.39, 0.29) is 6.09 Å². The van der Waals surface area contributed by atoms with Crippen LogP contribution in [-0.2, 0) is 17.8 Å². The first-order chi connectivity index (χ1) is 11.8. The van der Waals surface area contributed by atoms with Crippen LogP contribution in [0, 0.1) is 0 Å². The largest absolute Gasteiger partial charge is 0.467 e. The summed E-state index contributed by atoms with van der Waals surface area (Å²) in [4.78, 5) is 27.7. The molecule has 0 atom stereocenters. The Labute approximate surface area is 148 Å². The predicted molar refractivity (Wildman–Crippen MR) is 93.8 cm³/mol. The number of ether oxygens (including phenoxy) is 2. The number of carbonyl (C=O) groups excluding carboxylic acids is 1. The summed E-state index contributed by atoms with van der Waals surface area (Å²) in [5, 5.41) is 0. The average Bonchev–Trinajstić information content (AvgIpc) is 2.97. The highest BCUT2D eigenvalue weighted by atomic mass is 16.6. The van der Waals surface area contributed by atoms with E-state index in [1.54, 1.807) is 12.0 Å². The number of rotatable bonds is 2. The second-order valence-electron chi connectivity index (χ2n) is 7.59. The van der Waals surface area contributed by atoms with Crippen molar-refractivity contribution in [2.45, 2.75) is 39.5 Å². The van der Waals surface area contributed by atoms with Crippen LogP contribution in [0.5, 0.6) is 6.01 Å². The first-order valence-electron chi connectivity index (χ1n) is 8.62. The van der Waals surface area contributed by atoms with E-state index < -0.39 is 5.60 Å². The number of likely N-dealkylation sites (N-methyl/N-ethyl adjacent to an activating group) is 1. The number of fused-ring (bicyclic) bond motifs is 1. The molecule has 1 saturated heterocycles. The average molecular weight is 349 g/mol. The molecule has 0 N–H and O–H groups in total. The highest BCUT2D eigenvalue weighted by Gasteiger charge is 2.33. The molecule has 3 heterocycles. The lowest BCUT2D eigenvalue weighted by Crippen LogP contribution is -2.45. The molecule has 2 aliphatic heterocycles. The van der Waals surface area contributed by atoms with Crippen molar-refractivity contribution in [1.29, 1.82) is 0 Å². The van der Waals surface area contributed by atoms with Crippen molar-refractivity contribution < 1.29 is 14.3 Å². The third-order valence-electron chi connectivity index (χ3n) is 4.38. The molecule has 0 unspecified atom stereocenters. The van der Waals surface area contributed by atoms with Crippen molar-refractivity contribution in [3.63, 3.8) is 0 Å². The smallest absolute Gasteiger partial charge is 0.410 e. The van der Waals surface area contributed by atoms with Crippen molar-refractivity contribution in [2.24, 2.45) is 0 Å². The summed E-state index contributed by atoms with van der Waals surface area (Å²) < 4.78 is 10.8. The van der Waals surface area contributed by atoms with Gasteiger partial charge in [0.25, 0.3) is 0 Å². The fraction of sp³-hybridized carbons (Fsp3) is 0.706. The van der Waals surface area contributed by atoms with Crippen LogP contribution in [0.25, 0.3) is 0 Å². The summed E-state index contributed by atoms with van der Waals surface area (Å²) in [7, 11) is 3.68. The predicted octanol–water partition coefficient (Wildman–Crippen LogP) is 1.49. The van der Waals surface area contributed by atoms with E-state index in [9.17, 15) is 4.79 Å². The van der Waals surface area contributed by atoms with Crippen LogP contribution in [0.3, 0.4) is 0 Å². The lowest BCUT2D eigenvalue weighted by molar-refractivity contribution is 0.0240. The number of hydrogen-bond acceptors (Lipinski definition) is 7. The normalized spacial score (nSPS) is 18.3. The zero-order valence-corrected chi connectivity index (χ0v) is 15.7. The van der Waals surface area contributed by atoms with Crippen molar-refractivity contribution in [1.82, 2.24) is 19.8 Å². The molecule has 0 saturated carbocycles. The van der Waals surface area contributed by atoms with Gasteiger partial charge in [0.15, 0.2) is 0 Å². The van der Waals surface area contributed by atoms with E-state index in [0.717, 1.165) is 43.3 Å². The number of methoxy groups -OCH3 is 1. The summed E-state index contributed by atoms with van der Waals surface area (Å²) in [6.45, 7) is 10.3. The van der Waals surface area contributed by atoms with E-state index in [1.807, 2.05) is 20.8 Å². The molecule has 3 rings (SSSR count). The summed E-state index contributed by atoms with van der Waals surface area (Å²) in [5.41, 5.74) is 1.32. The van der Waals surface area contributed by atoms with Gasteiger partial charge in [0.2, 0.25) is 0 Å². The van der Waals surface area contributed by atoms with Crippen LogP contribution < -0.4 is 9.64 Å². The minimum atomic E-state index is -0.518. The molecule has 1 amide bonds. The van der Waals surface area contributed by atoms with Gasteiger partial charge in [0.05, 0.1) is 25.9 Å². The third-order valence-corrected chi connectivity index (χ3v) is 4.38. The van der Waals surface area contributed by atoms with E-state index >= 15 is 0 Å². The van der Waals surface area contributed by atoms with E-state index in [0.29, 0.717) is 19.1 Å². The van der Waals surface area contributed by atoms with Gasteiger partial charge in [-0.1, -0.05) is 0 Å². The first kappa shape index (κ1) is 17.7. The first-order valence-corrected chi connectivity index (χ1v) is 8.62. The molecule has 8 nitrogen and oxygen atoms in total. The Morgan fingerprint density at radius 1 is 1.08 bits per heavy atom. The summed E-state index contributed by atoms with van der Waals surface area (Å²) in [6.07, 6.45) is -0.325. The maximum Gasteiger partial charge on any atom is 0.410 e. The van der Waals surface area contributed by atoms with Gasteiger partial charge in [-0.15, -0.1) is 0 Å². The highest BCUT2D eigenvalue weighted by Crippen LogP contribution is 2.32. The fourth-order valence-electron chi connectivity index (χ4n) is 3.04. The maximum absolute atomic E-state index is 12.4. The standard InChI is InChI=1S/C17H27N5O3/c1-17(2,3)25-16(23)22-10-12-13(11-22)18-15(24-5)19-14(12)21-8-6-20(4)7-9-21/h6-11H2,1-5H3. The molecular formula is C17H27N5O3. The van der Waals surface area contributed by atoms with Crippen molar-refractivity contribution in [2.75, 3.05) is 45.2 Å². The molecule has 0 aliphatic carbocycles. The Morgan fingerprint density at radius 2 is 1.76 bits per heavy atom. The molecule has 0 spiro atoms. The quantitative estimate of drug-likeness (QED) is 0.801. The Bertz CT molecular complexity index is 650. The Balaban J connectivity index is 1.84. The third kappa shape index (κ3) is 3.95. The zero-order chi connectivity index (χ0) is 18.2. The summed E-state index contributed by atoms with van der Waals surface area (Å²) >= 11 is 0. The summed E-state index contributed by atoms with van der Waals surface area (Å²) in [5.74, 6) is 0.876. The van der Waals surface area contributed by atoms with Crippen molar-refractivity contribution >= 4 is 11.9 Å². The summed E-state index contributed by atoms with van der Waals surface area (Å²) in [6, 6.07) is 0.346. The van der Waals surface area contributed by atoms with Crippen LogP contribution in [0.2, 0.25) is 0 Å². The molecule has 0 radical (unpaired) electrons. The van der Waals surface area contributed by atoms with Crippen molar-refractivity contribution in [3.05, 3.63) is 11.3 Å². The SMILES string of the molecule is COc1nc2c(c(N3CCN(C)CC3)n1)CN(C(=O)OC(C)(C)C)C2. The Morgan fingerprint density at radius 3 is 2.36 bits per heavy atom. The van der Waals surface area contributed by atoms with Gasteiger partial charge in [0, 0.05) is 31.7 Å². The van der Waals surface area contributed by atoms with Crippen LogP contribution >= 0.6 is 0 Å². The second kappa shape index (κ2) is 6.67. The van der Waals surface area contributed by atoms with Gasteiger partial charge in [-0.2, -0.15) is 9.97 Å². The topological polar surface area (TPSA) is 71.0 Å². The minimum Gasteiger partial charge on any atom is -0.467 e. The molecule has 2 aliphatic rings. The number of aromatic nitrogens is 2. The molecule has 1 aromatic rings. The lowest BCUT2D eigenvalue weighted by atomic mass is 10.2. The maximum atomic E-state index is 12.4. The zero-order valence-electron chi connectivity index (χ0n) is 15.7. The van der Waals surface area contributed by atoms with Crippen LogP contribution in [0.1, 0.15) is 32.0 Å². The molecule has 8 heteroatoms. The number of anilines is 1. The molecular weight excluding hydrogens is 322 g/mol. The van der Waals surface area contributed by atoms with Crippen LogP contribution in [-0.4, -0.2) is 71.8 Å². The molecule has 0 aromatic carbocycles. The van der Waals surface area contributed by atoms with E-state index in [4.69, 9.17) is 9.47 Å². The van der Waals surface area contributed by atoms with Gasteiger partial charge >= 0.3 is 12.1 Å². The number of carbonyl (C=O) groups is 1. The van der Waals surface area contributed by atoms with Gasteiger partial charge in [-0.05, 0) is 27.8 Å². The van der Waals surface area contributed by atoms with E-state index in [2.05, 4.69) is 26.8 Å². The van der Waals surface area contributed by atoms with Gasteiger partial charge in [-0.25, -0.2) is 4.79 Å². The molecule has 1 aromatic heterocycles. The number of amides is 1. The highest BCUT2D eigenvalue weighted by molar-refractivity contribution is 5.70. The van der Waals surface area contributed by atoms with Crippen LogP contribution in [0.15, 0.2) is 0 Å². The Hall–Kier alpha value is -2.09. The number of hydrogen-bond donors (Lipinski definition) is 0. The van der Waals surface area contributed by atoms with Crippen LogP contribution in [0.4, 0.5) is 10.6 Å². The van der Waals surface area contributed by atoms with Gasteiger partial charge in [0.1, 0.15) is 11.4 Å². The molecule has 25 heavy (non-hydrogen) atoms. The fourth-order valence-corrected chi connectivity index (χ4v) is 3.04. The number of nitrogens with zero attached hydrogens (tertiary/aromatic N) is 5. The monoisotopic (exact) mass is 349 g/mol. The molecule has 138 valence electrons. The van der Waals surface area contributed by atoms with E-state index in [1.165, 1.54) is 0 Å². The lowest BCUT2D eigenvalue weighted by Gasteiger charge is -2.34. The molecule has 0 bridgehead atoms. The number of piperazine rings is 1. The minimum absolute atomic E-state index is 0.325. The van der Waals surface area contributed by atoms with Gasteiger partial charge in [-0.3, -0.25) is 4.90 Å². The Kier molecular flexibility index (Phi) is 4.73. The molecule has 1 fully saturated rings. The van der Waals surface area contributed by atoms with Gasteiger partial charge < -0.3 is 19.3 Å². The second-order valence-corrected chi connectivity index (χ2v) is 7.59. The van der Waals surface area contributed by atoms with Crippen molar-refractivity contribution in [3.8, 4) is 6.01 Å².